The second-order valence-electron chi connectivity index (χ2n) is 6.48. The first kappa shape index (κ1) is 14.8. The van der Waals surface area contributed by atoms with Gasteiger partial charge in [-0.2, -0.15) is 0 Å². The molecule has 0 saturated carbocycles. The Hall–Kier alpha value is -2.74. The standard InChI is InChI=1S/C22H20O2/c1-15-13-20(23)21-19(16(15)2)14-22(24-21,17-9-5-3-6-10-17)18-11-7-4-8-12-18/h3-13,23H,14H2,1-2H3. The van der Waals surface area contributed by atoms with Gasteiger partial charge in [-0.15, -0.1) is 0 Å². The van der Waals surface area contributed by atoms with Gasteiger partial charge >= 0.3 is 0 Å². The van der Waals surface area contributed by atoms with Crippen LogP contribution in [0.15, 0.2) is 66.7 Å². The van der Waals surface area contributed by atoms with Crippen LogP contribution in [0.25, 0.3) is 0 Å². The third-order valence-corrected chi connectivity index (χ3v) is 5.09. The van der Waals surface area contributed by atoms with Gasteiger partial charge in [0.2, 0.25) is 0 Å². The topological polar surface area (TPSA) is 29.5 Å². The lowest BCUT2D eigenvalue weighted by Crippen LogP contribution is -2.32. The number of aromatic hydroxyl groups is 1. The molecule has 4 rings (SSSR count). The number of aryl methyl sites for hydroxylation is 1. The monoisotopic (exact) mass is 316 g/mol. The highest BCUT2D eigenvalue weighted by molar-refractivity contribution is 5.59. The summed E-state index contributed by atoms with van der Waals surface area (Å²) in [5, 5.41) is 10.4. The molecule has 1 N–H and O–H groups in total. The Morgan fingerprint density at radius 2 is 1.42 bits per heavy atom. The van der Waals surface area contributed by atoms with Crippen LogP contribution in [0.3, 0.4) is 0 Å². The van der Waals surface area contributed by atoms with Crippen molar-refractivity contribution in [2.75, 3.05) is 0 Å². The Morgan fingerprint density at radius 3 is 1.96 bits per heavy atom. The number of fused-ring (bicyclic) bond motifs is 1. The molecular formula is C22H20O2. The van der Waals surface area contributed by atoms with E-state index in [0.717, 1.165) is 28.7 Å². The number of ether oxygens (including phenoxy) is 1. The van der Waals surface area contributed by atoms with Crippen molar-refractivity contribution in [2.45, 2.75) is 25.9 Å². The molecule has 0 spiro atoms. The van der Waals surface area contributed by atoms with E-state index in [-0.39, 0.29) is 5.75 Å². The largest absolute Gasteiger partial charge is 0.504 e. The van der Waals surface area contributed by atoms with E-state index in [9.17, 15) is 5.11 Å². The molecule has 24 heavy (non-hydrogen) atoms. The molecule has 0 bridgehead atoms. The minimum absolute atomic E-state index is 0.224. The number of hydrogen-bond acceptors (Lipinski definition) is 2. The van der Waals surface area contributed by atoms with Crippen LogP contribution >= 0.6 is 0 Å². The Kier molecular flexibility index (Phi) is 3.34. The van der Waals surface area contributed by atoms with Crippen LogP contribution in [0.4, 0.5) is 0 Å². The molecule has 120 valence electrons. The van der Waals surface area contributed by atoms with E-state index in [1.807, 2.05) is 43.3 Å². The Labute approximate surface area is 142 Å². The maximum Gasteiger partial charge on any atom is 0.166 e. The first-order chi connectivity index (χ1) is 11.6. The van der Waals surface area contributed by atoms with Gasteiger partial charge in [0.25, 0.3) is 0 Å². The number of rotatable bonds is 2. The predicted octanol–water partition coefficient (Wildman–Crippen LogP) is 4.89. The van der Waals surface area contributed by atoms with Crippen LogP contribution in [0.1, 0.15) is 27.8 Å². The lowest BCUT2D eigenvalue weighted by molar-refractivity contribution is 0.136. The van der Waals surface area contributed by atoms with Crippen molar-refractivity contribution in [2.24, 2.45) is 0 Å². The van der Waals surface area contributed by atoms with E-state index in [4.69, 9.17) is 4.74 Å². The summed E-state index contributed by atoms with van der Waals surface area (Å²) in [6, 6.07) is 22.3. The van der Waals surface area contributed by atoms with E-state index in [0.29, 0.717) is 5.75 Å². The molecule has 2 heteroatoms. The summed E-state index contributed by atoms with van der Waals surface area (Å²) in [6.45, 7) is 4.13. The minimum atomic E-state index is -0.596. The van der Waals surface area contributed by atoms with Gasteiger partial charge in [-0.1, -0.05) is 60.7 Å². The van der Waals surface area contributed by atoms with Crippen molar-refractivity contribution < 1.29 is 9.84 Å². The van der Waals surface area contributed by atoms with Gasteiger partial charge < -0.3 is 9.84 Å². The second kappa shape index (κ2) is 5.41. The van der Waals surface area contributed by atoms with Crippen molar-refractivity contribution in [1.29, 1.82) is 0 Å². The van der Waals surface area contributed by atoms with Crippen LogP contribution in [0, 0.1) is 13.8 Å². The lowest BCUT2D eigenvalue weighted by Gasteiger charge is -2.30. The smallest absolute Gasteiger partial charge is 0.166 e. The quantitative estimate of drug-likeness (QED) is 0.729. The van der Waals surface area contributed by atoms with Gasteiger partial charge in [0.05, 0.1) is 0 Å². The van der Waals surface area contributed by atoms with Crippen molar-refractivity contribution in [3.8, 4) is 11.5 Å². The molecule has 0 radical (unpaired) electrons. The van der Waals surface area contributed by atoms with E-state index in [2.05, 4.69) is 31.2 Å². The Bertz CT molecular complexity index is 843. The van der Waals surface area contributed by atoms with Gasteiger partial charge in [0.15, 0.2) is 17.1 Å². The Balaban J connectivity index is 1.95. The molecule has 0 aliphatic carbocycles. The van der Waals surface area contributed by atoms with Crippen LogP contribution < -0.4 is 4.74 Å². The van der Waals surface area contributed by atoms with Gasteiger partial charge in [-0.3, -0.25) is 0 Å². The van der Waals surface area contributed by atoms with E-state index >= 15 is 0 Å². The molecule has 0 saturated heterocycles. The molecule has 1 aliphatic heterocycles. The molecular weight excluding hydrogens is 296 g/mol. The summed E-state index contributed by atoms with van der Waals surface area (Å²) in [4.78, 5) is 0. The van der Waals surface area contributed by atoms with Crippen LogP contribution in [-0.4, -0.2) is 5.11 Å². The molecule has 1 aliphatic rings. The zero-order chi connectivity index (χ0) is 16.7. The maximum atomic E-state index is 10.4. The molecule has 0 aromatic heterocycles. The summed E-state index contributed by atoms with van der Waals surface area (Å²) in [5.74, 6) is 0.840. The molecule has 3 aromatic rings. The van der Waals surface area contributed by atoms with Crippen molar-refractivity contribution >= 4 is 0 Å². The first-order valence-electron chi connectivity index (χ1n) is 8.24. The van der Waals surface area contributed by atoms with E-state index in [1.54, 1.807) is 6.07 Å². The lowest BCUT2D eigenvalue weighted by atomic mass is 9.82. The molecule has 2 nitrogen and oxygen atoms in total. The average molecular weight is 316 g/mol. The van der Waals surface area contributed by atoms with Crippen molar-refractivity contribution in [3.05, 3.63) is 94.5 Å². The normalized spacial score (nSPS) is 14.9. The van der Waals surface area contributed by atoms with Gasteiger partial charge in [0.1, 0.15) is 0 Å². The number of benzene rings is 3. The van der Waals surface area contributed by atoms with Crippen molar-refractivity contribution in [1.82, 2.24) is 0 Å². The van der Waals surface area contributed by atoms with Gasteiger partial charge in [-0.05, 0) is 31.0 Å². The summed E-state index contributed by atoms with van der Waals surface area (Å²) in [6.07, 6.45) is 0.720. The number of phenolic OH excluding ortho intramolecular Hbond substituents is 1. The SMILES string of the molecule is Cc1cc(O)c2c(c1C)CC(c1ccccc1)(c1ccccc1)O2. The van der Waals surface area contributed by atoms with E-state index < -0.39 is 5.60 Å². The highest BCUT2D eigenvalue weighted by atomic mass is 16.5. The third-order valence-electron chi connectivity index (χ3n) is 5.09. The summed E-state index contributed by atoms with van der Waals surface area (Å²) in [5.41, 5.74) is 4.98. The number of phenols is 1. The Morgan fingerprint density at radius 1 is 0.875 bits per heavy atom. The molecule has 0 fully saturated rings. The van der Waals surface area contributed by atoms with E-state index in [1.165, 1.54) is 5.56 Å². The number of hydrogen-bond donors (Lipinski definition) is 1. The second-order valence-corrected chi connectivity index (χ2v) is 6.48. The summed E-state index contributed by atoms with van der Waals surface area (Å²) >= 11 is 0. The van der Waals surface area contributed by atoms with Crippen molar-refractivity contribution in [3.63, 3.8) is 0 Å². The average Bonchev–Trinajstić information content (AvgIpc) is 3.04. The highest BCUT2D eigenvalue weighted by Crippen LogP contribution is 2.50. The fraction of sp³-hybridized carbons (Fsp3) is 0.182. The van der Waals surface area contributed by atoms with Crippen LogP contribution in [-0.2, 0) is 12.0 Å². The molecule has 0 amide bonds. The fourth-order valence-corrected chi connectivity index (χ4v) is 3.63. The zero-order valence-electron chi connectivity index (χ0n) is 13.9. The fourth-order valence-electron chi connectivity index (χ4n) is 3.63. The molecule has 3 aromatic carbocycles. The van der Waals surface area contributed by atoms with Crippen LogP contribution in [0.2, 0.25) is 0 Å². The molecule has 0 unspecified atom stereocenters. The maximum absolute atomic E-state index is 10.4. The summed E-state index contributed by atoms with van der Waals surface area (Å²) < 4.78 is 6.48. The molecule has 0 atom stereocenters. The zero-order valence-corrected chi connectivity index (χ0v) is 13.9. The molecule has 1 heterocycles. The first-order valence-corrected chi connectivity index (χ1v) is 8.24. The highest BCUT2D eigenvalue weighted by Gasteiger charge is 2.44. The third kappa shape index (κ3) is 2.10. The predicted molar refractivity (Wildman–Crippen MR) is 95.6 cm³/mol. The van der Waals surface area contributed by atoms with Gasteiger partial charge in [-0.25, -0.2) is 0 Å². The minimum Gasteiger partial charge on any atom is -0.504 e. The van der Waals surface area contributed by atoms with Crippen LogP contribution in [0.5, 0.6) is 11.5 Å². The summed E-state index contributed by atoms with van der Waals surface area (Å²) in [7, 11) is 0. The van der Waals surface area contributed by atoms with Gasteiger partial charge in [0, 0.05) is 23.1 Å².